The van der Waals surface area contributed by atoms with Crippen molar-refractivity contribution in [2.75, 3.05) is 38.8 Å². The van der Waals surface area contributed by atoms with Crippen LogP contribution >= 0.6 is 0 Å². The van der Waals surface area contributed by atoms with E-state index in [4.69, 9.17) is 45.7 Å². The lowest BCUT2D eigenvalue weighted by Gasteiger charge is -2.13. The molecule has 7 N–H and O–H groups in total. The van der Waals surface area contributed by atoms with Crippen molar-refractivity contribution in [3.05, 3.63) is 83.0 Å². The number of carbonyl (C=O) groups excluding carboxylic acids is 3. The van der Waals surface area contributed by atoms with Crippen LogP contribution in [0.25, 0.3) is 44.5 Å². The van der Waals surface area contributed by atoms with Gasteiger partial charge in [0.2, 0.25) is 17.8 Å². The molecule has 0 atom stereocenters. The Labute approximate surface area is 372 Å². The van der Waals surface area contributed by atoms with E-state index in [9.17, 15) is 19.2 Å². The molecule has 0 radical (unpaired) electrons. The number of carbonyl (C=O) groups is 4. The van der Waals surface area contributed by atoms with Crippen LogP contribution in [-0.4, -0.2) is 106 Å². The zero-order chi connectivity index (χ0) is 46.4. The predicted octanol–water partition coefficient (Wildman–Crippen LogP) is 4.81. The number of aromatic nitrogens is 9. The highest BCUT2D eigenvalue weighted by molar-refractivity contribution is 6.12. The van der Waals surface area contributed by atoms with Crippen molar-refractivity contribution in [3.63, 3.8) is 0 Å². The van der Waals surface area contributed by atoms with Crippen molar-refractivity contribution in [1.82, 2.24) is 49.0 Å². The van der Waals surface area contributed by atoms with E-state index in [0.29, 0.717) is 95.1 Å². The van der Waals surface area contributed by atoms with E-state index < -0.39 is 23.8 Å². The van der Waals surface area contributed by atoms with Gasteiger partial charge in [0, 0.05) is 81.0 Å². The van der Waals surface area contributed by atoms with Gasteiger partial charge in [0.1, 0.15) is 34.1 Å². The van der Waals surface area contributed by atoms with Gasteiger partial charge < -0.3 is 45.2 Å². The van der Waals surface area contributed by atoms with Crippen LogP contribution in [0.5, 0.6) is 11.5 Å². The molecule has 0 aliphatic heterocycles. The Bertz CT molecular complexity index is 2960. The number of carboxylic acid groups (broad SMARTS) is 1. The summed E-state index contributed by atoms with van der Waals surface area (Å²) in [7, 11) is 1.61. The summed E-state index contributed by atoms with van der Waals surface area (Å²) in [6.07, 6.45) is 5.26. The number of fused-ring (bicyclic) bond motifs is 4. The molecule has 0 spiro atoms. The molecule has 0 bridgehead atoms. The normalized spacial score (nSPS) is 11.6. The van der Waals surface area contributed by atoms with Gasteiger partial charge in [-0.25, -0.2) is 19.7 Å². The smallest absolute Gasteiger partial charge is 0.404 e. The Hall–Kier alpha value is -7.81. The van der Waals surface area contributed by atoms with Crippen LogP contribution < -0.4 is 31.6 Å². The lowest BCUT2D eigenvalue weighted by Crippen LogP contribution is -2.23. The molecule has 21 nitrogen and oxygen atoms in total. The maximum Gasteiger partial charge on any atom is 0.404 e. The molecule has 340 valence electrons. The van der Waals surface area contributed by atoms with Crippen LogP contribution in [0.15, 0.2) is 54.7 Å². The third-order valence-corrected chi connectivity index (χ3v) is 10.5. The number of methoxy groups -OCH3 is 1. The Morgan fingerprint density at radius 1 is 0.769 bits per heavy atom. The third-order valence-electron chi connectivity index (χ3n) is 10.5. The van der Waals surface area contributed by atoms with Gasteiger partial charge in [-0.2, -0.15) is 10.2 Å². The van der Waals surface area contributed by atoms with Gasteiger partial charge in [0.15, 0.2) is 5.82 Å². The van der Waals surface area contributed by atoms with E-state index in [0.717, 1.165) is 11.4 Å². The summed E-state index contributed by atoms with van der Waals surface area (Å²) >= 11 is 0. The highest BCUT2D eigenvalue weighted by atomic mass is 16.5. The molecular weight excluding hydrogens is 839 g/mol. The number of rotatable bonds is 21. The van der Waals surface area contributed by atoms with Crippen LogP contribution in [0.1, 0.15) is 69.3 Å². The molecule has 0 saturated heterocycles. The molecule has 0 aliphatic carbocycles. The van der Waals surface area contributed by atoms with E-state index in [1.807, 2.05) is 48.2 Å². The van der Waals surface area contributed by atoms with Gasteiger partial charge in [0.25, 0.3) is 5.91 Å². The van der Waals surface area contributed by atoms with Crippen LogP contribution in [0.4, 0.5) is 10.7 Å². The molecule has 5 aromatic heterocycles. The monoisotopic (exact) mass is 889 g/mol. The second-order valence-electron chi connectivity index (χ2n) is 15.1. The van der Waals surface area contributed by atoms with Crippen molar-refractivity contribution in [3.8, 4) is 23.0 Å². The van der Waals surface area contributed by atoms with Gasteiger partial charge in [-0.1, -0.05) is 12.2 Å². The quantitative estimate of drug-likeness (QED) is 0.0479. The number of aryl methyl sites for hydroxylation is 4. The summed E-state index contributed by atoms with van der Waals surface area (Å²) in [4.78, 5) is 64.6. The molecule has 21 heteroatoms. The van der Waals surface area contributed by atoms with Crippen LogP contribution in [0.3, 0.4) is 0 Å². The first kappa shape index (κ1) is 45.2. The number of primary amides is 2. The molecule has 7 aromatic rings. The number of anilines is 1. The zero-order valence-corrected chi connectivity index (χ0v) is 36.8. The standard InChI is InChI=1S/C44H51N13O8/c1-6-56-32(18-25(3)52-56)40-48-24-30-29-20-27(38(45)58)22-34(65-17-11-15-63-5)36(29)54(41(30)50-40)13-8-9-14-55-37-31(49-43(55)51-42(60)33-19-26(4)53-57(33)7-2)21-28(39(46)59)23-35(37)64-16-10-12-47-44(61)62/h8-9,18-24,47H,6-7,10-17H2,1-5H3,(H2,45,58)(H2,46,59)(H,61,62)(H,49,51,60). The first-order valence-electron chi connectivity index (χ1n) is 21.1. The fraction of sp³-hybridized carbons (Fsp3) is 0.341. The molecule has 0 saturated carbocycles. The zero-order valence-electron chi connectivity index (χ0n) is 36.8. The van der Waals surface area contributed by atoms with Crippen molar-refractivity contribution in [1.29, 1.82) is 0 Å². The molecule has 5 heterocycles. The Balaban J connectivity index is 1.33. The first-order valence-corrected chi connectivity index (χ1v) is 21.1. The molecule has 0 unspecified atom stereocenters. The fourth-order valence-corrected chi connectivity index (χ4v) is 7.57. The lowest BCUT2D eigenvalue weighted by atomic mass is 10.1. The number of nitrogens with two attached hydrogens (primary N) is 2. The minimum atomic E-state index is -1.16. The number of hydrogen-bond acceptors (Lipinski definition) is 12. The predicted molar refractivity (Wildman–Crippen MR) is 241 cm³/mol. The summed E-state index contributed by atoms with van der Waals surface area (Å²) in [5, 5.41) is 24.6. The summed E-state index contributed by atoms with van der Waals surface area (Å²) < 4.78 is 24.9. The molecule has 4 amide bonds. The largest absolute Gasteiger partial charge is 0.491 e. The maximum absolute atomic E-state index is 13.8. The summed E-state index contributed by atoms with van der Waals surface area (Å²) in [6, 6.07) is 9.95. The van der Waals surface area contributed by atoms with Gasteiger partial charge in [0.05, 0.1) is 35.6 Å². The second kappa shape index (κ2) is 19.7. The van der Waals surface area contributed by atoms with Crippen LogP contribution in [-0.2, 0) is 30.9 Å². The molecule has 7 rings (SSSR count). The summed E-state index contributed by atoms with van der Waals surface area (Å²) in [5.74, 6) is -0.524. The van der Waals surface area contributed by atoms with Crippen LogP contribution in [0.2, 0.25) is 0 Å². The van der Waals surface area contributed by atoms with Gasteiger partial charge >= 0.3 is 6.09 Å². The fourth-order valence-electron chi connectivity index (χ4n) is 7.57. The number of nitrogens with one attached hydrogen (secondary N) is 2. The van der Waals surface area contributed by atoms with E-state index in [2.05, 4.69) is 20.8 Å². The second-order valence-corrected chi connectivity index (χ2v) is 15.1. The number of allylic oxidation sites excluding steroid dienone is 2. The van der Waals surface area contributed by atoms with Crippen LogP contribution in [0, 0.1) is 13.8 Å². The van der Waals surface area contributed by atoms with E-state index >= 15 is 0 Å². The van der Waals surface area contributed by atoms with Gasteiger partial charge in [-0.05, 0) is 70.5 Å². The Morgan fingerprint density at radius 2 is 1.42 bits per heavy atom. The van der Waals surface area contributed by atoms with Gasteiger partial charge in [-0.3, -0.25) is 29.1 Å². The Morgan fingerprint density at radius 3 is 2.09 bits per heavy atom. The summed E-state index contributed by atoms with van der Waals surface area (Å²) in [6.45, 7) is 9.99. The molecule has 65 heavy (non-hydrogen) atoms. The highest BCUT2D eigenvalue weighted by Gasteiger charge is 2.24. The van der Waals surface area contributed by atoms with Crippen molar-refractivity contribution in [2.45, 2.75) is 66.7 Å². The van der Waals surface area contributed by atoms with E-state index in [1.54, 1.807) is 47.7 Å². The van der Waals surface area contributed by atoms with Gasteiger partial charge in [-0.15, -0.1) is 0 Å². The third kappa shape index (κ3) is 9.74. The average molecular weight is 890 g/mol. The first-order chi connectivity index (χ1) is 31.3. The number of imidazole rings is 1. The summed E-state index contributed by atoms with van der Waals surface area (Å²) in [5.41, 5.74) is 16.5. The molecule has 0 fully saturated rings. The van der Waals surface area contributed by atoms with Crippen molar-refractivity contribution >= 4 is 62.7 Å². The number of amides is 4. The number of benzene rings is 2. The topological polar surface area (TPSA) is 276 Å². The maximum atomic E-state index is 13.8. The number of hydrogen-bond donors (Lipinski definition) is 5. The number of ether oxygens (including phenoxy) is 3. The van der Waals surface area contributed by atoms with E-state index in [-0.39, 0.29) is 49.1 Å². The Kier molecular flexibility index (Phi) is 13.7. The highest BCUT2D eigenvalue weighted by Crippen LogP contribution is 2.37. The minimum absolute atomic E-state index is 0.0822. The molecule has 0 aliphatic rings. The minimum Gasteiger partial charge on any atom is -0.491 e. The van der Waals surface area contributed by atoms with E-state index in [1.165, 1.54) is 12.1 Å². The SMILES string of the molecule is CCn1nc(C)cc1C(=O)Nc1nc2cc(C(N)=O)cc(OCCCNC(=O)O)c2n1CC=CCn1c2nc(-c3cc(C)nn3CC)ncc2c2cc(C(N)=O)cc(OCCCOC)c21. The van der Waals surface area contributed by atoms with Crippen molar-refractivity contribution < 1.29 is 38.5 Å². The molecular formula is C44H51N13O8. The molecule has 2 aromatic carbocycles. The average Bonchev–Trinajstić information content (AvgIpc) is 4.04. The lowest BCUT2D eigenvalue weighted by molar-refractivity contribution is 0.0991. The van der Waals surface area contributed by atoms with Crippen molar-refractivity contribution in [2.24, 2.45) is 11.5 Å². The number of nitrogens with zero attached hydrogens (tertiary/aromatic N) is 9.